The normalized spacial score (nSPS) is 12.1. The molecule has 0 saturated heterocycles. The summed E-state index contributed by atoms with van der Waals surface area (Å²) in [6.45, 7) is 2.30. The van der Waals surface area contributed by atoms with Crippen LogP contribution in [-0.4, -0.2) is 10.9 Å². The summed E-state index contributed by atoms with van der Waals surface area (Å²) in [6.07, 6.45) is 1.60. The number of carbonyl (C=O) groups excluding carboxylic acids is 1. The topological polar surface area (TPSA) is 68.0 Å². The minimum Gasteiger partial charge on any atom is -0.345 e. The van der Waals surface area contributed by atoms with Crippen molar-refractivity contribution in [2.45, 2.75) is 19.5 Å². The van der Waals surface area contributed by atoms with Gasteiger partial charge in [0.2, 0.25) is 0 Å². The fraction of sp³-hybridized carbons (Fsp3) is 0.231. The van der Waals surface area contributed by atoms with E-state index in [-0.39, 0.29) is 11.9 Å². The Morgan fingerprint density at radius 1 is 1.56 bits per heavy atom. The molecule has 1 atom stereocenters. The van der Waals surface area contributed by atoms with Crippen molar-refractivity contribution in [2.75, 3.05) is 0 Å². The van der Waals surface area contributed by atoms with Crippen molar-refractivity contribution < 1.29 is 4.79 Å². The number of carbonyl (C=O) groups is 1. The van der Waals surface area contributed by atoms with Crippen LogP contribution in [-0.2, 0) is 6.54 Å². The van der Waals surface area contributed by atoms with Crippen molar-refractivity contribution in [2.24, 2.45) is 5.73 Å². The van der Waals surface area contributed by atoms with E-state index in [2.05, 4.69) is 10.3 Å². The van der Waals surface area contributed by atoms with Crippen molar-refractivity contribution in [3.63, 3.8) is 0 Å². The Hall–Kier alpha value is -1.72. The Kier molecular flexibility index (Phi) is 4.07. The molecule has 0 aliphatic carbocycles. The minimum absolute atomic E-state index is 0.00647. The molecule has 2 aromatic rings. The maximum Gasteiger partial charge on any atom is 0.251 e. The molecule has 2 heterocycles. The Labute approximate surface area is 110 Å². The number of pyridine rings is 1. The number of amides is 1. The quantitative estimate of drug-likeness (QED) is 0.885. The van der Waals surface area contributed by atoms with E-state index >= 15 is 0 Å². The summed E-state index contributed by atoms with van der Waals surface area (Å²) in [5.41, 5.74) is 6.81. The maximum absolute atomic E-state index is 12.0. The smallest absolute Gasteiger partial charge is 0.251 e. The number of nitrogens with one attached hydrogen (secondary N) is 1. The second kappa shape index (κ2) is 5.75. The van der Waals surface area contributed by atoms with E-state index in [1.165, 1.54) is 0 Å². The van der Waals surface area contributed by atoms with Gasteiger partial charge in [0, 0.05) is 23.2 Å². The summed E-state index contributed by atoms with van der Waals surface area (Å²) in [4.78, 5) is 17.2. The van der Waals surface area contributed by atoms with Crippen LogP contribution in [0.5, 0.6) is 0 Å². The molecule has 0 radical (unpaired) electrons. The first-order chi connectivity index (χ1) is 8.70. The molecule has 2 rings (SSSR count). The molecule has 0 aliphatic heterocycles. The van der Waals surface area contributed by atoms with E-state index < -0.39 is 0 Å². The first-order valence-corrected chi connectivity index (χ1v) is 6.58. The molecule has 0 aliphatic rings. The SMILES string of the molecule is C[C@H](NC(=O)c1ccnc(CN)c1)c1cccs1. The third-order valence-corrected chi connectivity index (χ3v) is 3.66. The first-order valence-electron chi connectivity index (χ1n) is 5.70. The van der Waals surface area contributed by atoms with E-state index in [0.29, 0.717) is 17.8 Å². The standard InChI is InChI=1S/C13H15N3OS/c1-9(12-3-2-6-18-12)16-13(17)10-4-5-15-11(7-10)8-14/h2-7,9H,8,14H2,1H3,(H,16,17)/t9-/m0/s1. The van der Waals surface area contributed by atoms with Crippen LogP contribution in [0.2, 0.25) is 0 Å². The van der Waals surface area contributed by atoms with Gasteiger partial charge in [0.1, 0.15) is 0 Å². The molecule has 0 spiro atoms. The van der Waals surface area contributed by atoms with Gasteiger partial charge in [-0.15, -0.1) is 11.3 Å². The molecule has 0 fully saturated rings. The molecule has 4 nitrogen and oxygen atoms in total. The van der Waals surface area contributed by atoms with Gasteiger partial charge in [-0.25, -0.2) is 0 Å². The third kappa shape index (κ3) is 2.94. The Morgan fingerprint density at radius 3 is 3.06 bits per heavy atom. The highest BCUT2D eigenvalue weighted by molar-refractivity contribution is 7.10. The predicted octanol–water partition coefficient (Wildman–Crippen LogP) is 2.09. The van der Waals surface area contributed by atoms with Gasteiger partial charge in [0.15, 0.2) is 0 Å². The van der Waals surface area contributed by atoms with Gasteiger partial charge >= 0.3 is 0 Å². The predicted molar refractivity (Wildman–Crippen MR) is 72.3 cm³/mol. The number of nitrogens with zero attached hydrogens (tertiary/aromatic N) is 1. The summed E-state index contributed by atoms with van der Waals surface area (Å²) in [5.74, 6) is -0.104. The van der Waals surface area contributed by atoms with Crippen LogP contribution in [0.25, 0.3) is 0 Å². The average molecular weight is 261 g/mol. The number of hydrogen-bond acceptors (Lipinski definition) is 4. The molecular formula is C13H15N3OS. The summed E-state index contributed by atoms with van der Waals surface area (Å²) < 4.78 is 0. The van der Waals surface area contributed by atoms with Crippen molar-refractivity contribution >= 4 is 17.2 Å². The van der Waals surface area contributed by atoms with E-state index in [1.54, 1.807) is 29.7 Å². The number of nitrogens with two attached hydrogens (primary N) is 1. The molecular weight excluding hydrogens is 246 g/mol. The second-order valence-corrected chi connectivity index (χ2v) is 4.93. The Balaban J connectivity index is 2.07. The fourth-order valence-corrected chi connectivity index (χ4v) is 2.35. The molecule has 0 aromatic carbocycles. The van der Waals surface area contributed by atoms with Gasteiger partial charge in [-0.1, -0.05) is 6.07 Å². The molecule has 0 bridgehead atoms. The summed E-state index contributed by atoms with van der Waals surface area (Å²) >= 11 is 1.63. The zero-order valence-corrected chi connectivity index (χ0v) is 10.9. The van der Waals surface area contributed by atoms with Crippen LogP contribution in [0.1, 0.15) is 33.9 Å². The lowest BCUT2D eigenvalue weighted by Crippen LogP contribution is -2.26. The maximum atomic E-state index is 12.0. The highest BCUT2D eigenvalue weighted by Crippen LogP contribution is 2.18. The van der Waals surface area contributed by atoms with E-state index in [4.69, 9.17) is 5.73 Å². The molecule has 5 heteroatoms. The van der Waals surface area contributed by atoms with Gasteiger partial charge < -0.3 is 11.1 Å². The fourth-order valence-electron chi connectivity index (χ4n) is 1.62. The number of aromatic nitrogens is 1. The lowest BCUT2D eigenvalue weighted by atomic mass is 10.2. The highest BCUT2D eigenvalue weighted by atomic mass is 32.1. The monoisotopic (exact) mass is 261 g/mol. The van der Waals surface area contributed by atoms with Crippen molar-refractivity contribution in [3.05, 3.63) is 52.0 Å². The van der Waals surface area contributed by atoms with Crippen LogP contribution in [0, 0.1) is 0 Å². The molecule has 0 unspecified atom stereocenters. The van der Waals surface area contributed by atoms with Gasteiger partial charge in [0.25, 0.3) is 5.91 Å². The van der Waals surface area contributed by atoms with Gasteiger partial charge in [-0.05, 0) is 30.5 Å². The summed E-state index contributed by atoms with van der Waals surface area (Å²) in [6, 6.07) is 7.40. The van der Waals surface area contributed by atoms with E-state index in [1.807, 2.05) is 24.4 Å². The van der Waals surface area contributed by atoms with Crippen LogP contribution >= 0.6 is 11.3 Å². The molecule has 2 aromatic heterocycles. The third-order valence-electron chi connectivity index (χ3n) is 2.61. The van der Waals surface area contributed by atoms with Crippen molar-refractivity contribution in [1.29, 1.82) is 0 Å². The Morgan fingerprint density at radius 2 is 2.39 bits per heavy atom. The summed E-state index contributed by atoms with van der Waals surface area (Å²) in [5, 5.41) is 4.95. The second-order valence-electron chi connectivity index (χ2n) is 3.95. The zero-order chi connectivity index (χ0) is 13.0. The van der Waals surface area contributed by atoms with Gasteiger partial charge in [-0.3, -0.25) is 9.78 Å². The Bertz CT molecular complexity index is 525. The molecule has 0 saturated carbocycles. The first kappa shape index (κ1) is 12.7. The largest absolute Gasteiger partial charge is 0.345 e. The lowest BCUT2D eigenvalue weighted by Gasteiger charge is -2.12. The summed E-state index contributed by atoms with van der Waals surface area (Å²) in [7, 11) is 0. The average Bonchev–Trinajstić information content (AvgIpc) is 2.92. The molecule has 1 amide bonds. The lowest BCUT2D eigenvalue weighted by molar-refractivity contribution is 0.0940. The van der Waals surface area contributed by atoms with E-state index in [9.17, 15) is 4.79 Å². The molecule has 3 N–H and O–H groups in total. The van der Waals surface area contributed by atoms with E-state index in [0.717, 1.165) is 4.88 Å². The minimum atomic E-state index is -0.104. The van der Waals surface area contributed by atoms with Crippen LogP contribution in [0.3, 0.4) is 0 Å². The van der Waals surface area contributed by atoms with Gasteiger partial charge in [0.05, 0.1) is 11.7 Å². The molecule has 94 valence electrons. The molecule has 18 heavy (non-hydrogen) atoms. The van der Waals surface area contributed by atoms with Crippen molar-refractivity contribution in [1.82, 2.24) is 10.3 Å². The number of hydrogen-bond donors (Lipinski definition) is 2. The van der Waals surface area contributed by atoms with Crippen LogP contribution < -0.4 is 11.1 Å². The number of thiophene rings is 1. The zero-order valence-electron chi connectivity index (χ0n) is 10.1. The van der Waals surface area contributed by atoms with Crippen LogP contribution in [0.4, 0.5) is 0 Å². The number of rotatable bonds is 4. The van der Waals surface area contributed by atoms with Crippen molar-refractivity contribution in [3.8, 4) is 0 Å². The highest BCUT2D eigenvalue weighted by Gasteiger charge is 2.12. The van der Waals surface area contributed by atoms with Gasteiger partial charge in [-0.2, -0.15) is 0 Å². The van der Waals surface area contributed by atoms with Crippen LogP contribution in [0.15, 0.2) is 35.8 Å².